The molecule has 3 atom stereocenters. The van der Waals surface area contributed by atoms with Gasteiger partial charge in [0, 0.05) is 6.42 Å². The Morgan fingerprint density at radius 2 is 2.22 bits per heavy atom. The van der Waals surface area contributed by atoms with Crippen LogP contribution in [0.2, 0.25) is 0 Å². The quantitative estimate of drug-likeness (QED) is 0.475. The predicted octanol–water partition coefficient (Wildman–Crippen LogP) is 0.386. The molecular weight excluding hydrogens is 358 g/mol. The molecule has 0 amide bonds. The minimum absolute atomic E-state index is 0.0817. The van der Waals surface area contributed by atoms with Crippen LogP contribution in [0.1, 0.15) is 18.4 Å². The van der Waals surface area contributed by atoms with Gasteiger partial charge < -0.3 is 34.5 Å². The fourth-order valence-electron chi connectivity index (χ4n) is 3.12. The molecule has 0 radical (unpaired) electrons. The minimum atomic E-state index is -0.754. The molecule has 1 unspecified atom stereocenters. The van der Waals surface area contributed by atoms with Crippen molar-refractivity contribution in [3.8, 4) is 11.5 Å². The van der Waals surface area contributed by atoms with Gasteiger partial charge in [-0.25, -0.2) is 15.0 Å². The number of nitrogens with one attached hydrogen (secondary N) is 1. The molecule has 3 aromatic rings. The van der Waals surface area contributed by atoms with Gasteiger partial charge in [0.15, 0.2) is 28.5 Å². The Morgan fingerprint density at radius 1 is 1.37 bits per heavy atom. The second-order valence-corrected chi connectivity index (χ2v) is 6.09. The highest BCUT2D eigenvalue weighted by atomic mass is 16.5. The van der Waals surface area contributed by atoms with E-state index in [1.54, 1.807) is 10.9 Å². The first-order chi connectivity index (χ1) is 13.1. The molecular formula is C16H19N5O6. The molecule has 4 heterocycles. The molecule has 0 bridgehead atoms. The normalized spacial score (nSPS) is 22.4. The third-order valence-electron chi connectivity index (χ3n) is 4.47. The topological polar surface area (TPSA) is 148 Å². The number of anilines is 1. The molecule has 11 heteroatoms. The van der Waals surface area contributed by atoms with Crippen LogP contribution in [0.25, 0.3) is 11.2 Å². The highest BCUT2D eigenvalue weighted by Crippen LogP contribution is 2.33. The Labute approximate surface area is 153 Å². The highest BCUT2D eigenvalue weighted by molar-refractivity contribution is 5.82. The number of nitrogens with zero attached hydrogens (tertiary/aromatic N) is 4. The molecule has 1 aliphatic rings. The average molecular weight is 377 g/mol. The molecule has 144 valence electrons. The Balaban J connectivity index is 1.57. The third-order valence-corrected chi connectivity index (χ3v) is 4.47. The molecule has 0 aliphatic carbocycles. The van der Waals surface area contributed by atoms with E-state index in [0.29, 0.717) is 29.2 Å². The van der Waals surface area contributed by atoms with Crippen molar-refractivity contribution in [2.75, 3.05) is 19.0 Å². The number of imidazole rings is 1. The van der Waals surface area contributed by atoms with Crippen LogP contribution in [0, 0.1) is 0 Å². The lowest BCUT2D eigenvalue weighted by molar-refractivity contribution is -0.0432. The van der Waals surface area contributed by atoms with Crippen molar-refractivity contribution in [2.24, 2.45) is 0 Å². The lowest BCUT2D eigenvalue weighted by atomic mass is 10.2. The van der Waals surface area contributed by atoms with E-state index in [4.69, 9.17) is 13.9 Å². The number of rotatable bonds is 6. The maximum atomic E-state index is 9.94. The number of hydrogen-bond acceptors (Lipinski definition) is 10. The van der Waals surface area contributed by atoms with Crippen LogP contribution in [-0.4, -0.2) is 60.8 Å². The monoisotopic (exact) mass is 377 g/mol. The zero-order valence-electron chi connectivity index (χ0n) is 14.4. The lowest BCUT2D eigenvalue weighted by Gasteiger charge is -2.13. The van der Waals surface area contributed by atoms with Crippen LogP contribution >= 0.6 is 0 Å². The van der Waals surface area contributed by atoms with Crippen LogP contribution in [-0.2, 0) is 11.3 Å². The Bertz CT molecular complexity index is 941. The van der Waals surface area contributed by atoms with E-state index < -0.39 is 18.4 Å². The first kappa shape index (κ1) is 17.5. The fourth-order valence-corrected chi connectivity index (χ4v) is 3.12. The maximum Gasteiger partial charge on any atom is 0.204 e. The summed E-state index contributed by atoms with van der Waals surface area (Å²) in [6.07, 6.45) is 2.59. The number of aromatic hydroxyl groups is 1. The Morgan fingerprint density at radius 3 is 2.96 bits per heavy atom. The van der Waals surface area contributed by atoms with Crippen molar-refractivity contribution in [1.29, 1.82) is 0 Å². The van der Waals surface area contributed by atoms with Gasteiger partial charge in [-0.05, 0) is 0 Å². The first-order valence-electron chi connectivity index (χ1n) is 8.31. The van der Waals surface area contributed by atoms with Gasteiger partial charge in [-0.2, -0.15) is 0 Å². The number of hydrogen-bond donors (Lipinski definition) is 4. The summed E-state index contributed by atoms with van der Waals surface area (Å²) >= 11 is 0. The largest absolute Gasteiger partial charge is 0.502 e. The Hall–Kier alpha value is -2.89. The van der Waals surface area contributed by atoms with E-state index in [9.17, 15) is 15.3 Å². The summed E-state index contributed by atoms with van der Waals surface area (Å²) in [7, 11) is 1.44. The number of fused-ring (bicyclic) bond motifs is 1. The zero-order valence-corrected chi connectivity index (χ0v) is 14.4. The van der Waals surface area contributed by atoms with Gasteiger partial charge in [0.2, 0.25) is 5.75 Å². The highest BCUT2D eigenvalue weighted by Gasteiger charge is 2.35. The summed E-state index contributed by atoms with van der Waals surface area (Å²) in [4.78, 5) is 12.8. The van der Waals surface area contributed by atoms with Crippen LogP contribution in [0.15, 0.2) is 23.3 Å². The molecule has 0 aromatic carbocycles. The summed E-state index contributed by atoms with van der Waals surface area (Å²) in [6.45, 7) is -0.0438. The SMILES string of the molecule is COc1c(O)coc1CNc1ncnc2c1ncn2C1C[C@H](O)[C@@H](CO)O1. The van der Waals surface area contributed by atoms with Crippen LogP contribution in [0.3, 0.4) is 0 Å². The number of aliphatic hydroxyl groups excluding tert-OH is 2. The number of methoxy groups -OCH3 is 1. The third kappa shape index (κ3) is 3.05. The smallest absolute Gasteiger partial charge is 0.204 e. The van der Waals surface area contributed by atoms with Crippen LogP contribution in [0.4, 0.5) is 5.82 Å². The van der Waals surface area contributed by atoms with Crippen molar-refractivity contribution in [3.63, 3.8) is 0 Å². The van der Waals surface area contributed by atoms with Crippen molar-refractivity contribution in [3.05, 3.63) is 24.7 Å². The second-order valence-electron chi connectivity index (χ2n) is 6.09. The summed E-state index contributed by atoms with van der Waals surface area (Å²) in [5.41, 5.74) is 1.04. The predicted molar refractivity (Wildman–Crippen MR) is 91.2 cm³/mol. The van der Waals surface area contributed by atoms with Crippen molar-refractivity contribution in [1.82, 2.24) is 19.5 Å². The van der Waals surface area contributed by atoms with Crippen LogP contribution in [0.5, 0.6) is 11.5 Å². The molecule has 0 spiro atoms. The van der Waals surface area contributed by atoms with E-state index >= 15 is 0 Å². The van der Waals surface area contributed by atoms with Gasteiger partial charge >= 0.3 is 0 Å². The van der Waals surface area contributed by atoms with Gasteiger partial charge in [-0.1, -0.05) is 0 Å². The van der Waals surface area contributed by atoms with E-state index in [1.807, 2.05) is 0 Å². The maximum absolute atomic E-state index is 9.94. The first-order valence-corrected chi connectivity index (χ1v) is 8.31. The van der Waals surface area contributed by atoms with E-state index in [0.717, 1.165) is 0 Å². The standard InChI is InChI=1S/C16H19N5O6/c1-25-14-9(24)5-26-10(14)3-17-15-13-16(19-6-18-15)21(7-20-13)12-2-8(23)11(4-22)27-12/h5-8,11-12,22-24H,2-4H2,1H3,(H,17,18,19)/t8-,11+,12?/m0/s1. The summed E-state index contributed by atoms with van der Waals surface area (Å²) in [6, 6.07) is 0. The molecule has 3 aromatic heterocycles. The van der Waals surface area contributed by atoms with Gasteiger partial charge in [-0.15, -0.1) is 0 Å². The second kappa shape index (κ2) is 7.02. The Kier molecular flexibility index (Phi) is 4.56. The summed E-state index contributed by atoms with van der Waals surface area (Å²) in [5, 5.41) is 31.9. The number of aliphatic hydroxyl groups is 2. The van der Waals surface area contributed by atoms with E-state index in [2.05, 4.69) is 20.3 Å². The number of furan rings is 1. The molecule has 1 aliphatic heterocycles. The molecule has 1 fully saturated rings. The summed E-state index contributed by atoms with van der Waals surface area (Å²) in [5.74, 6) is 1.05. The van der Waals surface area contributed by atoms with Crippen molar-refractivity contribution >= 4 is 17.0 Å². The van der Waals surface area contributed by atoms with Crippen LogP contribution < -0.4 is 10.1 Å². The van der Waals surface area contributed by atoms with Crippen molar-refractivity contribution < 1.29 is 29.2 Å². The van der Waals surface area contributed by atoms with E-state index in [-0.39, 0.29) is 24.7 Å². The van der Waals surface area contributed by atoms with Gasteiger partial charge in [0.05, 0.1) is 32.7 Å². The molecule has 27 heavy (non-hydrogen) atoms. The summed E-state index contributed by atoms with van der Waals surface area (Å²) < 4.78 is 17.7. The van der Waals surface area contributed by atoms with Crippen molar-refractivity contribution in [2.45, 2.75) is 31.4 Å². The number of ether oxygens (including phenoxy) is 2. The minimum Gasteiger partial charge on any atom is -0.502 e. The van der Waals surface area contributed by atoms with Gasteiger partial charge in [0.25, 0.3) is 0 Å². The van der Waals surface area contributed by atoms with E-state index in [1.165, 1.54) is 19.7 Å². The molecule has 4 N–H and O–H groups in total. The molecule has 11 nitrogen and oxygen atoms in total. The molecule has 4 rings (SSSR count). The fraction of sp³-hybridized carbons (Fsp3) is 0.438. The lowest BCUT2D eigenvalue weighted by Crippen LogP contribution is -2.24. The zero-order chi connectivity index (χ0) is 19.0. The average Bonchev–Trinajstić information content (AvgIpc) is 3.36. The van der Waals surface area contributed by atoms with Gasteiger partial charge in [0.1, 0.15) is 24.9 Å². The molecule has 1 saturated heterocycles. The molecule has 0 saturated carbocycles. The van der Waals surface area contributed by atoms with Gasteiger partial charge in [-0.3, -0.25) is 4.57 Å². The number of aromatic nitrogens is 4.